The Labute approximate surface area is 153 Å². The van der Waals surface area contributed by atoms with Gasteiger partial charge in [-0.05, 0) is 42.3 Å². The van der Waals surface area contributed by atoms with E-state index < -0.39 is 0 Å². The summed E-state index contributed by atoms with van der Waals surface area (Å²) in [5, 5.41) is 3.29. The quantitative estimate of drug-likeness (QED) is 0.708. The van der Waals surface area contributed by atoms with Gasteiger partial charge in [0.25, 0.3) is 5.91 Å². The Morgan fingerprint density at radius 3 is 2.42 bits per heavy atom. The lowest BCUT2D eigenvalue weighted by Gasteiger charge is -2.20. The maximum absolute atomic E-state index is 12.7. The number of rotatable bonds is 7. The molecule has 1 aromatic carbocycles. The van der Waals surface area contributed by atoms with Crippen LogP contribution in [0, 0.1) is 0 Å². The largest absolute Gasteiger partial charge is 0.380 e. The van der Waals surface area contributed by atoms with Crippen molar-refractivity contribution in [3.63, 3.8) is 0 Å². The summed E-state index contributed by atoms with van der Waals surface area (Å²) in [6.45, 7) is 3.88. The van der Waals surface area contributed by atoms with E-state index in [2.05, 4.69) is 15.3 Å². The molecule has 1 N–H and O–H groups in total. The van der Waals surface area contributed by atoms with Crippen LogP contribution in [0.2, 0.25) is 0 Å². The summed E-state index contributed by atoms with van der Waals surface area (Å²) in [7, 11) is 0. The summed E-state index contributed by atoms with van der Waals surface area (Å²) < 4.78 is 0. The number of nitrogens with one attached hydrogen (secondary N) is 1. The van der Waals surface area contributed by atoms with E-state index >= 15 is 0 Å². The van der Waals surface area contributed by atoms with Crippen molar-refractivity contribution in [2.75, 3.05) is 11.9 Å². The molecule has 132 valence electrons. The third-order valence-corrected chi connectivity index (χ3v) is 4.11. The Kier molecular flexibility index (Phi) is 5.93. The van der Waals surface area contributed by atoms with Crippen LogP contribution in [0.3, 0.4) is 0 Å². The number of benzene rings is 1. The second-order valence-electron chi connectivity index (χ2n) is 5.95. The minimum atomic E-state index is -0.0583. The zero-order chi connectivity index (χ0) is 18.2. The molecule has 0 saturated heterocycles. The van der Waals surface area contributed by atoms with Gasteiger partial charge in [-0.2, -0.15) is 0 Å². The van der Waals surface area contributed by atoms with E-state index in [1.807, 2.05) is 55.5 Å². The highest BCUT2D eigenvalue weighted by molar-refractivity contribution is 5.92. The van der Waals surface area contributed by atoms with Gasteiger partial charge in [-0.25, -0.2) is 4.98 Å². The lowest BCUT2D eigenvalue weighted by molar-refractivity contribution is 0.0746. The second kappa shape index (κ2) is 8.76. The minimum Gasteiger partial charge on any atom is -0.380 e. The predicted molar refractivity (Wildman–Crippen MR) is 103 cm³/mol. The van der Waals surface area contributed by atoms with Crippen LogP contribution in [-0.2, 0) is 13.1 Å². The number of aromatic nitrogens is 2. The number of hydrogen-bond acceptors (Lipinski definition) is 4. The standard InChI is InChI=1S/C21H22N4O/c1-2-25(16-18-6-4-3-5-7-18)21(26)20-9-8-19(15-24-20)23-14-17-10-12-22-13-11-17/h3-13,15,23H,2,14,16H2,1H3. The maximum atomic E-state index is 12.7. The Morgan fingerprint density at radius 2 is 1.77 bits per heavy atom. The van der Waals surface area contributed by atoms with E-state index in [0.29, 0.717) is 25.3 Å². The third-order valence-electron chi connectivity index (χ3n) is 4.11. The Hall–Kier alpha value is -3.21. The van der Waals surface area contributed by atoms with Gasteiger partial charge in [-0.15, -0.1) is 0 Å². The molecule has 5 heteroatoms. The fraction of sp³-hybridized carbons (Fsp3) is 0.190. The van der Waals surface area contributed by atoms with Gasteiger partial charge in [0.05, 0.1) is 11.9 Å². The average molecular weight is 346 g/mol. The van der Waals surface area contributed by atoms with Gasteiger partial charge in [-0.3, -0.25) is 9.78 Å². The predicted octanol–water partition coefficient (Wildman–Crippen LogP) is 3.75. The van der Waals surface area contributed by atoms with E-state index in [1.165, 1.54) is 0 Å². The monoisotopic (exact) mass is 346 g/mol. The summed E-state index contributed by atoms with van der Waals surface area (Å²) in [5.74, 6) is -0.0583. The van der Waals surface area contributed by atoms with E-state index in [9.17, 15) is 4.79 Å². The molecule has 0 fully saturated rings. The van der Waals surface area contributed by atoms with Crippen LogP contribution in [0.4, 0.5) is 5.69 Å². The van der Waals surface area contributed by atoms with Crippen molar-refractivity contribution >= 4 is 11.6 Å². The van der Waals surface area contributed by atoms with Crippen LogP contribution in [0.1, 0.15) is 28.5 Å². The van der Waals surface area contributed by atoms with Crippen molar-refractivity contribution in [3.8, 4) is 0 Å². The lowest BCUT2D eigenvalue weighted by atomic mass is 10.2. The highest BCUT2D eigenvalue weighted by Gasteiger charge is 2.15. The van der Waals surface area contributed by atoms with Gasteiger partial charge in [0, 0.05) is 32.0 Å². The number of carbonyl (C=O) groups excluding carboxylic acids is 1. The minimum absolute atomic E-state index is 0.0583. The Morgan fingerprint density at radius 1 is 1.00 bits per heavy atom. The molecule has 0 aliphatic carbocycles. The van der Waals surface area contributed by atoms with Gasteiger partial charge in [0.2, 0.25) is 0 Å². The molecule has 0 radical (unpaired) electrons. The lowest BCUT2D eigenvalue weighted by Crippen LogP contribution is -2.30. The molecule has 3 rings (SSSR count). The molecule has 0 spiro atoms. The second-order valence-corrected chi connectivity index (χ2v) is 5.95. The molecular formula is C21H22N4O. The zero-order valence-corrected chi connectivity index (χ0v) is 14.8. The molecule has 5 nitrogen and oxygen atoms in total. The van der Waals surface area contributed by atoms with Crippen molar-refractivity contribution in [1.82, 2.24) is 14.9 Å². The van der Waals surface area contributed by atoms with E-state index in [1.54, 1.807) is 29.6 Å². The Bertz CT molecular complexity index is 820. The van der Waals surface area contributed by atoms with E-state index in [4.69, 9.17) is 0 Å². The van der Waals surface area contributed by atoms with Gasteiger partial charge in [0.1, 0.15) is 5.69 Å². The first-order valence-corrected chi connectivity index (χ1v) is 8.68. The van der Waals surface area contributed by atoms with Crippen molar-refractivity contribution in [2.24, 2.45) is 0 Å². The number of pyridine rings is 2. The zero-order valence-electron chi connectivity index (χ0n) is 14.8. The van der Waals surface area contributed by atoms with Crippen LogP contribution in [0.15, 0.2) is 73.2 Å². The van der Waals surface area contributed by atoms with Crippen LogP contribution in [-0.4, -0.2) is 27.3 Å². The number of nitrogens with zero attached hydrogens (tertiary/aromatic N) is 3. The van der Waals surface area contributed by atoms with Gasteiger partial charge < -0.3 is 10.2 Å². The molecule has 0 atom stereocenters. The average Bonchev–Trinajstić information content (AvgIpc) is 2.72. The summed E-state index contributed by atoms with van der Waals surface area (Å²) in [5.41, 5.74) is 3.58. The smallest absolute Gasteiger partial charge is 0.272 e. The van der Waals surface area contributed by atoms with Gasteiger partial charge in [-0.1, -0.05) is 30.3 Å². The molecule has 2 aromatic heterocycles. The van der Waals surface area contributed by atoms with Crippen molar-refractivity contribution < 1.29 is 4.79 Å². The first kappa shape index (κ1) is 17.6. The summed E-state index contributed by atoms with van der Waals surface area (Å²) in [6, 6.07) is 17.6. The number of amides is 1. The first-order valence-electron chi connectivity index (χ1n) is 8.68. The molecule has 0 bridgehead atoms. The molecule has 1 amide bonds. The van der Waals surface area contributed by atoms with Crippen molar-refractivity contribution in [1.29, 1.82) is 0 Å². The first-order chi connectivity index (χ1) is 12.8. The van der Waals surface area contributed by atoms with Crippen LogP contribution in [0.25, 0.3) is 0 Å². The summed E-state index contributed by atoms with van der Waals surface area (Å²) >= 11 is 0. The summed E-state index contributed by atoms with van der Waals surface area (Å²) in [4.78, 5) is 22.8. The fourth-order valence-electron chi connectivity index (χ4n) is 2.62. The van der Waals surface area contributed by atoms with Crippen LogP contribution < -0.4 is 5.32 Å². The van der Waals surface area contributed by atoms with E-state index in [-0.39, 0.29) is 5.91 Å². The normalized spacial score (nSPS) is 10.3. The Balaban J connectivity index is 1.62. The number of anilines is 1. The fourth-order valence-corrected chi connectivity index (χ4v) is 2.62. The third kappa shape index (κ3) is 4.66. The van der Waals surface area contributed by atoms with Crippen LogP contribution in [0.5, 0.6) is 0 Å². The molecule has 0 aliphatic rings. The van der Waals surface area contributed by atoms with Gasteiger partial charge in [0.15, 0.2) is 0 Å². The number of carbonyl (C=O) groups is 1. The topological polar surface area (TPSA) is 58.1 Å². The molecule has 0 aliphatic heterocycles. The van der Waals surface area contributed by atoms with E-state index in [0.717, 1.165) is 16.8 Å². The van der Waals surface area contributed by atoms with Crippen LogP contribution >= 0.6 is 0 Å². The summed E-state index contributed by atoms with van der Waals surface area (Å²) in [6.07, 6.45) is 5.23. The van der Waals surface area contributed by atoms with Crippen molar-refractivity contribution in [2.45, 2.75) is 20.0 Å². The highest BCUT2D eigenvalue weighted by Crippen LogP contribution is 2.12. The molecule has 2 heterocycles. The SMILES string of the molecule is CCN(Cc1ccccc1)C(=O)c1ccc(NCc2ccncc2)cn1. The maximum Gasteiger partial charge on any atom is 0.272 e. The molecule has 26 heavy (non-hydrogen) atoms. The highest BCUT2D eigenvalue weighted by atomic mass is 16.2. The van der Waals surface area contributed by atoms with Crippen molar-refractivity contribution in [3.05, 3.63) is 90.0 Å². The van der Waals surface area contributed by atoms with Gasteiger partial charge >= 0.3 is 0 Å². The number of hydrogen-bond donors (Lipinski definition) is 1. The molecular weight excluding hydrogens is 324 g/mol. The molecule has 0 saturated carbocycles. The molecule has 0 unspecified atom stereocenters. The molecule has 3 aromatic rings.